The fourth-order valence-electron chi connectivity index (χ4n) is 5.84. The highest BCUT2D eigenvalue weighted by atomic mass is 32.2. The van der Waals surface area contributed by atoms with Gasteiger partial charge in [-0.05, 0) is 69.6 Å². The second-order valence-corrected chi connectivity index (χ2v) is 13.2. The number of hydrogen-bond donors (Lipinski definition) is 2. The molecule has 0 aromatic rings. The summed E-state index contributed by atoms with van der Waals surface area (Å²) >= 11 is 0. The molecule has 9 heteroatoms. The Morgan fingerprint density at radius 3 is 2.62 bits per heavy atom. The molecule has 5 atom stereocenters. The van der Waals surface area contributed by atoms with E-state index in [1.54, 1.807) is 4.90 Å². The number of carbonyl (C=O) groups excluding carboxylic acids is 3. The van der Waals surface area contributed by atoms with E-state index in [4.69, 9.17) is 0 Å². The third kappa shape index (κ3) is 4.77. The molecule has 0 spiro atoms. The van der Waals surface area contributed by atoms with Crippen LogP contribution in [0.5, 0.6) is 0 Å². The van der Waals surface area contributed by atoms with Gasteiger partial charge in [-0.3, -0.25) is 19.1 Å². The number of allylic oxidation sites excluding steroid dienone is 1. The minimum absolute atomic E-state index is 0.0163. The third-order valence-electron chi connectivity index (χ3n) is 8.41. The first kappa shape index (κ1) is 25.2. The number of nitrogens with one attached hydrogen (secondary N) is 2. The molecule has 2 saturated carbocycles. The average molecular weight is 494 g/mol. The van der Waals surface area contributed by atoms with Crippen molar-refractivity contribution in [3.8, 4) is 0 Å². The molecule has 2 heterocycles. The number of fused-ring (bicyclic) bond motifs is 2. The van der Waals surface area contributed by atoms with Crippen molar-refractivity contribution >= 4 is 27.7 Å². The first-order chi connectivity index (χ1) is 16.0. The Hall–Kier alpha value is -1.90. The molecule has 8 nitrogen and oxygen atoms in total. The molecule has 0 aromatic carbocycles. The lowest BCUT2D eigenvalue weighted by atomic mass is 9.91. The quantitative estimate of drug-likeness (QED) is 0.585. The molecule has 190 valence electrons. The first-order valence-corrected chi connectivity index (χ1v) is 14.4. The summed E-state index contributed by atoms with van der Waals surface area (Å²) in [5.74, 6) is -0.581. The smallest absolute Gasteiger partial charge is 0.259 e. The van der Waals surface area contributed by atoms with E-state index in [1.165, 1.54) is 0 Å². The van der Waals surface area contributed by atoms with Gasteiger partial charge < -0.3 is 10.2 Å². The monoisotopic (exact) mass is 493 g/mol. The lowest BCUT2D eigenvalue weighted by molar-refractivity contribution is -0.140. The summed E-state index contributed by atoms with van der Waals surface area (Å²) in [5, 5.41) is 2.90. The molecule has 0 radical (unpaired) electrons. The number of hydrogen-bond acceptors (Lipinski definition) is 5. The van der Waals surface area contributed by atoms with E-state index in [2.05, 4.69) is 23.9 Å². The lowest BCUT2D eigenvalue weighted by Crippen LogP contribution is -2.57. The van der Waals surface area contributed by atoms with Gasteiger partial charge in [0.15, 0.2) is 0 Å². The SMILES string of the molecule is CCC1(S(=O)(=O)NC(=O)C23C[C@H]2/C=C\CC[C@@H](C)C[C@@H](C)CC(=O)N2CCCC2C(=O)N3)CC1. The van der Waals surface area contributed by atoms with Crippen LogP contribution in [0, 0.1) is 17.8 Å². The van der Waals surface area contributed by atoms with Gasteiger partial charge in [0.1, 0.15) is 11.6 Å². The molecule has 2 unspecified atom stereocenters. The summed E-state index contributed by atoms with van der Waals surface area (Å²) in [7, 11) is -3.82. The van der Waals surface area contributed by atoms with E-state index in [9.17, 15) is 22.8 Å². The van der Waals surface area contributed by atoms with Crippen LogP contribution in [-0.4, -0.2) is 53.9 Å². The van der Waals surface area contributed by atoms with Crippen molar-refractivity contribution < 1.29 is 22.8 Å². The maximum absolute atomic E-state index is 13.3. The molecule has 2 N–H and O–H groups in total. The number of rotatable bonds is 4. The molecular formula is C25H39N3O5S. The van der Waals surface area contributed by atoms with E-state index in [1.807, 2.05) is 19.1 Å². The van der Waals surface area contributed by atoms with Crippen LogP contribution in [0.4, 0.5) is 0 Å². The number of sulfonamides is 1. The van der Waals surface area contributed by atoms with Crippen molar-refractivity contribution in [1.82, 2.24) is 14.9 Å². The Labute approximate surface area is 203 Å². The summed E-state index contributed by atoms with van der Waals surface area (Å²) in [6.07, 6.45) is 10.4. The van der Waals surface area contributed by atoms with Gasteiger partial charge in [-0.15, -0.1) is 0 Å². The standard InChI is InChI=1S/C25H39N3O5S/c1-4-24(11-12-24)34(32,33)27-23(31)25-16-19(25)9-6-5-8-17(2)14-18(3)15-21(29)28-13-7-10-20(28)22(30)26-25/h6,9,17-20H,4-5,7-8,10-16H2,1-3H3,(H,26,30)(H,27,31)/b9-6-/t17-,18-,19-,20?,25?/m1/s1. The molecule has 2 aliphatic carbocycles. The van der Waals surface area contributed by atoms with Crippen LogP contribution in [0.25, 0.3) is 0 Å². The Kier molecular flexibility index (Phi) is 6.88. The van der Waals surface area contributed by atoms with Crippen molar-refractivity contribution in [2.45, 2.75) is 101 Å². The topological polar surface area (TPSA) is 113 Å². The summed E-state index contributed by atoms with van der Waals surface area (Å²) in [4.78, 5) is 41.3. The van der Waals surface area contributed by atoms with Crippen molar-refractivity contribution in [3.05, 3.63) is 12.2 Å². The van der Waals surface area contributed by atoms with Crippen LogP contribution in [-0.2, 0) is 24.4 Å². The fourth-order valence-corrected chi connectivity index (χ4v) is 7.50. The summed E-state index contributed by atoms with van der Waals surface area (Å²) in [5.41, 5.74) is -1.28. The highest BCUT2D eigenvalue weighted by molar-refractivity contribution is 7.91. The molecular weight excluding hydrogens is 454 g/mol. The second-order valence-electron chi connectivity index (χ2n) is 11.1. The highest BCUT2D eigenvalue weighted by Gasteiger charge is 2.63. The zero-order valence-electron chi connectivity index (χ0n) is 20.6. The van der Waals surface area contributed by atoms with Gasteiger partial charge in [-0.25, -0.2) is 8.42 Å². The minimum Gasteiger partial charge on any atom is -0.339 e. The lowest BCUT2D eigenvalue weighted by Gasteiger charge is -2.28. The number of nitrogens with zero attached hydrogens (tertiary/aromatic N) is 1. The van der Waals surface area contributed by atoms with Crippen LogP contribution in [0.2, 0.25) is 0 Å². The largest absolute Gasteiger partial charge is 0.339 e. The van der Waals surface area contributed by atoms with Crippen LogP contribution >= 0.6 is 0 Å². The van der Waals surface area contributed by atoms with Crippen molar-refractivity contribution in [2.24, 2.45) is 17.8 Å². The van der Waals surface area contributed by atoms with Gasteiger partial charge in [0.25, 0.3) is 5.91 Å². The van der Waals surface area contributed by atoms with E-state index < -0.39 is 32.3 Å². The molecule has 3 amide bonds. The molecule has 4 rings (SSSR count). The van der Waals surface area contributed by atoms with Crippen LogP contribution in [0.15, 0.2) is 12.2 Å². The fraction of sp³-hybridized carbons (Fsp3) is 0.800. The van der Waals surface area contributed by atoms with Crippen LogP contribution in [0.1, 0.15) is 85.0 Å². The van der Waals surface area contributed by atoms with E-state index in [0.717, 1.165) is 25.7 Å². The Bertz CT molecular complexity index is 973. The van der Waals surface area contributed by atoms with Crippen LogP contribution in [0.3, 0.4) is 0 Å². The molecule has 0 aromatic heterocycles. The molecule has 0 bridgehead atoms. The van der Waals surface area contributed by atoms with E-state index in [-0.39, 0.29) is 23.7 Å². The third-order valence-corrected chi connectivity index (χ3v) is 10.7. The maximum Gasteiger partial charge on any atom is 0.259 e. The van der Waals surface area contributed by atoms with Gasteiger partial charge in [-0.2, -0.15) is 0 Å². The normalized spacial score (nSPS) is 36.9. The van der Waals surface area contributed by atoms with E-state index in [0.29, 0.717) is 51.0 Å². The average Bonchev–Trinajstić information content (AvgIpc) is 3.65. The number of amides is 3. The molecule has 2 aliphatic heterocycles. The molecule has 4 aliphatic rings. The Balaban J connectivity index is 1.57. The minimum atomic E-state index is -3.82. The zero-order chi connectivity index (χ0) is 24.7. The van der Waals surface area contributed by atoms with Gasteiger partial charge in [0.2, 0.25) is 21.8 Å². The second kappa shape index (κ2) is 9.28. The highest BCUT2D eigenvalue weighted by Crippen LogP contribution is 2.48. The molecule has 1 saturated heterocycles. The predicted molar refractivity (Wildman–Crippen MR) is 129 cm³/mol. The van der Waals surface area contributed by atoms with Crippen molar-refractivity contribution in [1.29, 1.82) is 0 Å². The van der Waals surface area contributed by atoms with Crippen molar-refractivity contribution in [2.75, 3.05) is 6.54 Å². The van der Waals surface area contributed by atoms with Gasteiger partial charge in [-0.1, -0.05) is 32.9 Å². The van der Waals surface area contributed by atoms with Gasteiger partial charge >= 0.3 is 0 Å². The van der Waals surface area contributed by atoms with Crippen molar-refractivity contribution in [3.63, 3.8) is 0 Å². The van der Waals surface area contributed by atoms with Gasteiger partial charge in [0.05, 0.1) is 4.75 Å². The van der Waals surface area contributed by atoms with Gasteiger partial charge in [0, 0.05) is 18.9 Å². The first-order valence-electron chi connectivity index (χ1n) is 12.9. The summed E-state index contributed by atoms with van der Waals surface area (Å²) < 4.78 is 27.3. The Morgan fingerprint density at radius 1 is 1.21 bits per heavy atom. The zero-order valence-corrected chi connectivity index (χ0v) is 21.5. The number of carbonyl (C=O) groups is 3. The maximum atomic E-state index is 13.3. The predicted octanol–water partition coefficient (Wildman–Crippen LogP) is 2.64. The van der Waals surface area contributed by atoms with Crippen LogP contribution < -0.4 is 10.0 Å². The summed E-state index contributed by atoms with van der Waals surface area (Å²) in [6, 6.07) is -0.612. The Morgan fingerprint density at radius 2 is 1.94 bits per heavy atom. The summed E-state index contributed by atoms with van der Waals surface area (Å²) in [6.45, 7) is 6.63. The molecule has 34 heavy (non-hydrogen) atoms. The van der Waals surface area contributed by atoms with E-state index >= 15 is 0 Å². The molecule has 3 fully saturated rings.